The van der Waals surface area contributed by atoms with E-state index in [9.17, 15) is 8.42 Å². The van der Waals surface area contributed by atoms with E-state index in [4.69, 9.17) is 0 Å². The van der Waals surface area contributed by atoms with Crippen molar-refractivity contribution in [1.82, 2.24) is 4.31 Å². The van der Waals surface area contributed by atoms with Crippen LogP contribution in [0.15, 0.2) is 34.2 Å². The maximum atomic E-state index is 12.7. The van der Waals surface area contributed by atoms with Gasteiger partial charge < -0.3 is 0 Å². The molecular formula is C16H21NO2S. The predicted molar refractivity (Wildman–Crippen MR) is 80.2 cm³/mol. The number of hydrogen-bond donors (Lipinski definition) is 0. The van der Waals surface area contributed by atoms with Crippen molar-refractivity contribution in [3.63, 3.8) is 0 Å². The maximum Gasteiger partial charge on any atom is 0.243 e. The van der Waals surface area contributed by atoms with Gasteiger partial charge in [-0.15, -0.1) is 0 Å². The minimum atomic E-state index is -3.32. The Hall–Kier alpha value is -1.13. The fourth-order valence-corrected chi connectivity index (χ4v) is 4.32. The summed E-state index contributed by atoms with van der Waals surface area (Å²) < 4.78 is 26.9. The third kappa shape index (κ3) is 2.54. The molecule has 3 rings (SSSR count). The fraction of sp³-hybridized carbons (Fsp3) is 0.500. The Kier molecular flexibility index (Phi) is 3.46. The van der Waals surface area contributed by atoms with Crippen LogP contribution >= 0.6 is 0 Å². The van der Waals surface area contributed by atoms with E-state index in [-0.39, 0.29) is 0 Å². The lowest BCUT2D eigenvalue weighted by Gasteiger charge is -2.28. The Bertz CT molecular complexity index is 658. The standard InChI is InChI=1S/C16H21NO2S/c1-12-3-6-16(11-13(12)2)20(18,19)17-9-7-15(8-10-17)14-4-5-14/h3,6,11H,4-5,7-10H2,1-2H3. The molecule has 3 nitrogen and oxygen atoms in total. The molecule has 1 aliphatic heterocycles. The van der Waals surface area contributed by atoms with Gasteiger partial charge in [0.05, 0.1) is 4.90 Å². The Morgan fingerprint density at radius 2 is 1.50 bits per heavy atom. The molecule has 1 saturated heterocycles. The van der Waals surface area contributed by atoms with E-state index >= 15 is 0 Å². The SMILES string of the molecule is Cc1ccc(S(=O)(=O)N2CCC(=C3CC3)CC2)cc1C. The molecular weight excluding hydrogens is 270 g/mol. The highest BCUT2D eigenvalue weighted by atomic mass is 32.2. The summed E-state index contributed by atoms with van der Waals surface area (Å²) >= 11 is 0. The predicted octanol–water partition coefficient (Wildman–Crippen LogP) is 3.18. The third-order valence-corrected chi connectivity index (χ3v) is 6.34. The molecule has 0 radical (unpaired) electrons. The van der Waals surface area contributed by atoms with E-state index in [1.807, 2.05) is 19.9 Å². The van der Waals surface area contributed by atoms with Crippen LogP contribution in [0.1, 0.15) is 36.8 Å². The van der Waals surface area contributed by atoms with Gasteiger partial charge in [0.2, 0.25) is 10.0 Å². The van der Waals surface area contributed by atoms with E-state index < -0.39 is 10.0 Å². The van der Waals surface area contributed by atoms with E-state index in [0.717, 1.165) is 24.0 Å². The monoisotopic (exact) mass is 291 g/mol. The van der Waals surface area contributed by atoms with Crippen LogP contribution in [0.25, 0.3) is 0 Å². The van der Waals surface area contributed by atoms with Crippen LogP contribution in [0.3, 0.4) is 0 Å². The van der Waals surface area contributed by atoms with Crippen molar-refractivity contribution in [2.75, 3.05) is 13.1 Å². The molecule has 0 amide bonds. The van der Waals surface area contributed by atoms with Crippen molar-refractivity contribution < 1.29 is 8.42 Å². The van der Waals surface area contributed by atoms with Crippen molar-refractivity contribution in [2.45, 2.75) is 44.4 Å². The number of rotatable bonds is 2. The molecule has 1 heterocycles. The number of hydrogen-bond acceptors (Lipinski definition) is 2. The molecule has 2 fully saturated rings. The van der Waals surface area contributed by atoms with Crippen LogP contribution in [0.5, 0.6) is 0 Å². The van der Waals surface area contributed by atoms with Gasteiger partial charge in [-0.05, 0) is 62.8 Å². The molecule has 4 heteroatoms. The first-order valence-electron chi connectivity index (χ1n) is 7.25. The van der Waals surface area contributed by atoms with Gasteiger partial charge in [-0.1, -0.05) is 17.2 Å². The molecule has 20 heavy (non-hydrogen) atoms. The number of benzene rings is 1. The van der Waals surface area contributed by atoms with Crippen LogP contribution < -0.4 is 0 Å². The average Bonchev–Trinajstić information content (AvgIpc) is 3.26. The summed E-state index contributed by atoms with van der Waals surface area (Å²) in [6, 6.07) is 5.41. The molecule has 0 N–H and O–H groups in total. The van der Waals surface area contributed by atoms with Crippen LogP contribution in [-0.4, -0.2) is 25.8 Å². The lowest BCUT2D eigenvalue weighted by atomic mass is 10.1. The highest BCUT2D eigenvalue weighted by Crippen LogP contribution is 2.36. The molecule has 2 aliphatic rings. The summed E-state index contributed by atoms with van der Waals surface area (Å²) in [5.74, 6) is 0. The van der Waals surface area contributed by atoms with Crippen LogP contribution in [0.4, 0.5) is 0 Å². The summed E-state index contributed by atoms with van der Waals surface area (Å²) in [4.78, 5) is 0.433. The smallest absolute Gasteiger partial charge is 0.207 e. The van der Waals surface area contributed by atoms with Gasteiger partial charge >= 0.3 is 0 Å². The zero-order valence-corrected chi connectivity index (χ0v) is 13.0. The molecule has 1 aromatic rings. The molecule has 0 aromatic heterocycles. The normalized spacial score (nSPS) is 20.3. The van der Waals surface area contributed by atoms with Crippen molar-refractivity contribution in [3.8, 4) is 0 Å². The van der Waals surface area contributed by atoms with Gasteiger partial charge in [-0.25, -0.2) is 8.42 Å². The number of nitrogens with zero attached hydrogens (tertiary/aromatic N) is 1. The van der Waals surface area contributed by atoms with Crippen molar-refractivity contribution in [1.29, 1.82) is 0 Å². The first kappa shape index (κ1) is 13.8. The topological polar surface area (TPSA) is 37.4 Å². The average molecular weight is 291 g/mol. The summed E-state index contributed by atoms with van der Waals surface area (Å²) in [5.41, 5.74) is 5.25. The number of piperidine rings is 1. The molecule has 1 aromatic carbocycles. The summed E-state index contributed by atoms with van der Waals surface area (Å²) in [6.45, 7) is 5.23. The quantitative estimate of drug-likeness (QED) is 0.785. The number of allylic oxidation sites excluding steroid dienone is 1. The van der Waals surface area contributed by atoms with Crippen molar-refractivity contribution in [2.24, 2.45) is 0 Å². The molecule has 0 spiro atoms. The second-order valence-electron chi connectivity index (χ2n) is 5.86. The van der Waals surface area contributed by atoms with Crippen LogP contribution in [0.2, 0.25) is 0 Å². The lowest BCUT2D eigenvalue weighted by Crippen LogP contribution is -2.36. The first-order valence-corrected chi connectivity index (χ1v) is 8.69. The summed E-state index contributed by atoms with van der Waals surface area (Å²) in [6.07, 6.45) is 4.30. The van der Waals surface area contributed by atoms with Crippen LogP contribution in [0, 0.1) is 13.8 Å². The second-order valence-corrected chi connectivity index (χ2v) is 7.80. The van der Waals surface area contributed by atoms with Gasteiger partial charge in [0, 0.05) is 13.1 Å². The minimum absolute atomic E-state index is 0.433. The van der Waals surface area contributed by atoms with Gasteiger partial charge in [-0.2, -0.15) is 4.31 Å². The van der Waals surface area contributed by atoms with Gasteiger partial charge in [0.25, 0.3) is 0 Å². The Labute approximate surface area is 121 Å². The van der Waals surface area contributed by atoms with Gasteiger partial charge in [-0.3, -0.25) is 0 Å². The summed E-state index contributed by atoms with van der Waals surface area (Å²) in [5, 5.41) is 0. The van der Waals surface area contributed by atoms with E-state index in [1.165, 1.54) is 18.4 Å². The van der Waals surface area contributed by atoms with E-state index in [1.54, 1.807) is 22.0 Å². The van der Waals surface area contributed by atoms with Crippen LogP contribution in [-0.2, 0) is 10.0 Å². The Balaban J connectivity index is 1.81. The molecule has 1 aliphatic carbocycles. The zero-order valence-electron chi connectivity index (χ0n) is 12.1. The van der Waals surface area contributed by atoms with Gasteiger partial charge in [0.1, 0.15) is 0 Å². The Morgan fingerprint density at radius 3 is 2.05 bits per heavy atom. The van der Waals surface area contributed by atoms with Crippen molar-refractivity contribution in [3.05, 3.63) is 40.5 Å². The number of sulfonamides is 1. The molecule has 1 saturated carbocycles. The Morgan fingerprint density at radius 1 is 0.900 bits per heavy atom. The second kappa shape index (κ2) is 5.01. The van der Waals surface area contributed by atoms with E-state index in [0.29, 0.717) is 18.0 Å². The highest BCUT2D eigenvalue weighted by molar-refractivity contribution is 7.89. The number of aryl methyl sites for hydroxylation is 2. The zero-order chi connectivity index (χ0) is 14.3. The summed E-state index contributed by atoms with van der Waals surface area (Å²) in [7, 11) is -3.32. The molecule has 0 bridgehead atoms. The van der Waals surface area contributed by atoms with Gasteiger partial charge in [0.15, 0.2) is 0 Å². The molecule has 0 atom stereocenters. The largest absolute Gasteiger partial charge is 0.243 e. The molecule has 0 unspecified atom stereocenters. The maximum absolute atomic E-state index is 12.7. The lowest BCUT2D eigenvalue weighted by molar-refractivity contribution is 0.386. The first-order chi connectivity index (χ1) is 9.48. The van der Waals surface area contributed by atoms with Crippen molar-refractivity contribution >= 4 is 10.0 Å². The molecule has 108 valence electrons. The van der Waals surface area contributed by atoms with E-state index in [2.05, 4.69) is 0 Å². The fourth-order valence-electron chi connectivity index (χ4n) is 2.79. The minimum Gasteiger partial charge on any atom is -0.207 e. The highest BCUT2D eigenvalue weighted by Gasteiger charge is 2.29. The third-order valence-electron chi connectivity index (χ3n) is 4.44.